The van der Waals surface area contributed by atoms with Gasteiger partial charge in [-0.3, -0.25) is 0 Å². The van der Waals surface area contributed by atoms with Gasteiger partial charge in [-0.05, 0) is 18.1 Å². The van der Waals surface area contributed by atoms with Gasteiger partial charge in [-0.15, -0.1) is 0 Å². The molecule has 1 aromatic carbocycles. The van der Waals surface area contributed by atoms with E-state index in [2.05, 4.69) is 4.98 Å². The maximum Gasteiger partial charge on any atom is 0.201 e. The first-order valence-corrected chi connectivity index (χ1v) is 5.36. The van der Waals surface area contributed by atoms with Crippen LogP contribution in [0.15, 0.2) is 30.5 Å². The molecule has 3 nitrogen and oxygen atoms in total. The maximum absolute atomic E-state index is 11.4. The van der Waals surface area contributed by atoms with Gasteiger partial charge in [0.2, 0.25) is 7.28 Å². The van der Waals surface area contributed by atoms with Crippen molar-refractivity contribution in [3.05, 3.63) is 36.0 Å². The quantitative estimate of drug-likeness (QED) is 0.752. The first kappa shape index (κ1) is 11.0. The zero-order valence-electron chi connectivity index (χ0n) is 9.23. The lowest BCUT2D eigenvalue weighted by Crippen LogP contribution is -2.35. The van der Waals surface area contributed by atoms with Gasteiger partial charge >= 0.3 is 0 Å². The van der Waals surface area contributed by atoms with Gasteiger partial charge in [0.25, 0.3) is 0 Å². The molecule has 1 radical (unpaired) electrons. The summed E-state index contributed by atoms with van der Waals surface area (Å²) in [6.45, 7) is 1.72. The van der Waals surface area contributed by atoms with E-state index in [1.165, 1.54) is 7.28 Å². The predicted octanol–water partition coefficient (Wildman–Crippen LogP) is 1.32. The molecule has 1 aromatic heterocycles. The smallest absolute Gasteiger partial charge is 0.201 e. The number of hydrogen-bond donors (Lipinski definition) is 2. The van der Waals surface area contributed by atoms with Crippen LogP contribution < -0.4 is 5.73 Å². The molecule has 2 aromatic rings. The van der Waals surface area contributed by atoms with Crippen molar-refractivity contribution < 1.29 is 4.79 Å². The lowest BCUT2D eigenvalue weighted by Gasteiger charge is -2.07. The summed E-state index contributed by atoms with van der Waals surface area (Å²) in [6.07, 6.45) is 2.50. The Morgan fingerprint density at radius 1 is 1.50 bits per heavy atom. The van der Waals surface area contributed by atoms with Crippen LogP contribution in [0.1, 0.15) is 5.56 Å². The Bertz CT molecular complexity index is 506. The summed E-state index contributed by atoms with van der Waals surface area (Å²) in [7, 11) is 1.53. The summed E-state index contributed by atoms with van der Waals surface area (Å²) < 4.78 is 0. The molecule has 2 rings (SSSR count). The molecule has 0 saturated carbocycles. The third kappa shape index (κ3) is 2.02. The van der Waals surface area contributed by atoms with Crippen LogP contribution in [0.5, 0.6) is 0 Å². The molecule has 16 heavy (non-hydrogen) atoms. The number of nitrogens with one attached hydrogen (secondary N) is 1. The fraction of sp³-hybridized carbons (Fsp3) is 0.250. The highest BCUT2D eigenvalue weighted by molar-refractivity contribution is 6.73. The molecule has 1 unspecified atom stereocenters. The summed E-state index contributed by atoms with van der Waals surface area (Å²) >= 11 is 0. The van der Waals surface area contributed by atoms with E-state index in [-0.39, 0.29) is 5.68 Å². The molecule has 81 valence electrons. The van der Waals surface area contributed by atoms with Crippen molar-refractivity contribution in [3.63, 3.8) is 0 Å². The average Bonchev–Trinajstić information content (AvgIpc) is 2.72. The van der Waals surface area contributed by atoms with Gasteiger partial charge < -0.3 is 15.5 Å². The van der Waals surface area contributed by atoms with Gasteiger partial charge in [0.15, 0.2) is 0 Å². The Balaban J connectivity index is 2.24. The molecule has 0 aliphatic carbocycles. The van der Waals surface area contributed by atoms with Gasteiger partial charge in [0.05, 0.1) is 6.04 Å². The number of H-pyrrole nitrogens is 1. The maximum atomic E-state index is 11.4. The minimum atomic E-state index is -0.441. The standard InChI is InChI=1S/C12H14BN2O/c1-13-12(16)10(14)6-8-7-15-11-5-3-2-4-9(8)11/h2-5,7,10,15H,6,14H2,1H3. The second kappa shape index (κ2) is 4.53. The van der Waals surface area contributed by atoms with Gasteiger partial charge in [0, 0.05) is 17.1 Å². The lowest BCUT2D eigenvalue weighted by molar-refractivity contribution is -0.113. The molecule has 0 aliphatic heterocycles. The van der Waals surface area contributed by atoms with Gasteiger partial charge in [0.1, 0.15) is 5.68 Å². The molecule has 0 spiro atoms. The molecule has 1 atom stereocenters. The van der Waals surface area contributed by atoms with E-state index in [9.17, 15) is 4.79 Å². The highest BCUT2D eigenvalue weighted by Gasteiger charge is 2.14. The molecule has 0 bridgehead atoms. The van der Waals surface area contributed by atoms with Gasteiger partial charge in [-0.1, -0.05) is 25.0 Å². The van der Waals surface area contributed by atoms with E-state index in [4.69, 9.17) is 5.73 Å². The predicted molar refractivity (Wildman–Crippen MR) is 66.6 cm³/mol. The zero-order chi connectivity index (χ0) is 11.5. The Morgan fingerprint density at radius 3 is 3.00 bits per heavy atom. The summed E-state index contributed by atoms with van der Waals surface area (Å²) in [5.74, 6) is 0. The van der Waals surface area contributed by atoms with Gasteiger partial charge in [-0.25, -0.2) is 0 Å². The summed E-state index contributed by atoms with van der Waals surface area (Å²) in [6, 6.07) is 7.57. The second-order valence-electron chi connectivity index (χ2n) is 3.86. The summed E-state index contributed by atoms with van der Waals surface area (Å²) in [4.78, 5) is 14.6. The SMILES string of the molecule is C[B]C(=O)C(N)Cc1c[nH]c2ccccc12. The number of carbonyl (C=O) groups is 1. The molecular formula is C12H14BN2O. The number of aromatic nitrogens is 1. The average molecular weight is 213 g/mol. The topological polar surface area (TPSA) is 58.9 Å². The van der Waals surface area contributed by atoms with Crippen LogP contribution in [0.4, 0.5) is 0 Å². The van der Waals surface area contributed by atoms with Crippen molar-refractivity contribution in [3.8, 4) is 0 Å². The van der Waals surface area contributed by atoms with Crippen LogP contribution in [0.25, 0.3) is 10.9 Å². The van der Waals surface area contributed by atoms with E-state index in [0.29, 0.717) is 6.42 Å². The molecule has 0 amide bonds. The van der Waals surface area contributed by atoms with Crippen molar-refractivity contribution in [1.29, 1.82) is 0 Å². The van der Waals surface area contributed by atoms with Crippen molar-refractivity contribution in [1.82, 2.24) is 4.98 Å². The normalized spacial score (nSPS) is 12.6. The van der Waals surface area contributed by atoms with Gasteiger partial charge in [-0.2, -0.15) is 0 Å². The molecule has 4 heteroatoms. The molecule has 0 aliphatic rings. The molecular weight excluding hydrogens is 199 g/mol. The molecule has 0 saturated heterocycles. The summed E-state index contributed by atoms with van der Waals surface area (Å²) in [5, 5.41) is 1.14. The Hall–Kier alpha value is -1.55. The van der Waals surface area contributed by atoms with Crippen LogP contribution in [0.2, 0.25) is 6.82 Å². The third-order valence-electron chi connectivity index (χ3n) is 2.76. The van der Waals surface area contributed by atoms with E-state index in [1.54, 1.807) is 6.82 Å². The van der Waals surface area contributed by atoms with Crippen LogP contribution in [-0.2, 0) is 11.2 Å². The number of carbonyl (C=O) groups excluding carboxylic acids is 1. The zero-order valence-corrected chi connectivity index (χ0v) is 9.23. The van der Waals surface area contributed by atoms with Crippen molar-refractivity contribution in [2.75, 3.05) is 0 Å². The van der Waals surface area contributed by atoms with Crippen molar-refractivity contribution in [2.24, 2.45) is 5.73 Å². The molecule has 0 fully saturated rings. The van der Waals surface area contributed by atoms with Crippen LogP contribution >= 0.6 is 0 Å². The fourth-order valence-corrected chi connectivity index (χ4v) is 1.85. The Morgan fingerprint density at radius 2 is 2.25 bits per heavy atom. The minimum absolute atomic E-state index is 0.00900. The third-order valence-corrected chi connectivity index (χ3v) is 2.76. The first-order valence-electron chi connectivity index (χ1n) is 5.36. The highest BCUT2D eigenvalue weighted by Crippen LogP contribution is 2.18. The summed E-state index contributed by atoms with van der Waals surface area (Å²) in [5.41, 5.74) is 7.98. The number of hydrogen-bond acceptors (Lipinski definition) is 2. The second-order valence-corrected chi connectivity index (χ2v) is 3.86. The number of para-hydroxylation sites is 1. The minimum Gasteiger partial charge on any atom is -0.361 e. The number of fused-ring (bicyclic) bond motifs is 1. The highest BCUT2D eigenvalue weighted by atomic mass is 16.1. The van der Waals surface area contributed by atoms with Crippen LogP contribution in [-0.4, -0.2) is 24.0 Å². The fourth-order valence-electron chi connectivity index (χ4n) is 1.85. The first-order chi connectivity index (χ1) is 7.72. The molecule has 1 heterocycles. The van der Waals surface area contributed by atoms with E-state index >= 15 is 0 Å². The Kier molecular flexibility index (Phi) is 3.10. The number of aromatic amines is 1. The van der Waals surface area contributed by atoms with Crippen LogP contribution in [0, 0.1) is 0 Å². The van der Waals surface area contributed by atoms with Crippen molar-refractivity contribution >= 4 is 23.9 Å². The lowest BCUT2D eigenvalue weighted by atomic mass is 9.72. The van der Waals surface area contributed by atoms with Crippen LogP contribution in [0.3, 0.4) is 0 Å². The number of rotatable bonds is 4. The monoisotopic (exact) mass is 213 g/mol. The largest absolute Gasteiger partial charge is 0.361 e. The number of benzene rings is 1. The van der Waals surface area contributed by atoms with Crippen molar-refractivity contribution in [2.45, 2.75) is 19.3 Å². The van der Waals surface area contributed by atoms with E-state index < -0.39 is 6.04 Å². The number of nitrogens with two attached hydrogens (primary N) is 1. The van der Waals surface area contributed by atoms with E-state index in [0.717, 1.165) is 16.5 Å². The Labute approximate surface area is 95.3 Å². The van der Waals surface area contributed by atoms with E-state index in [1.807, 2.05) is 30.5 Å². The molecule has 3 N–H and O–H groups in total.